The zero-order valence-electron chi connectivity index (χ0n) is 18.2. The minimum atomic E-state index is -0.982. The van der Waals surface area contributed by atoms with Crippen LogP contribution < -0.4 is 0 Å². The summed E-state index contributed by atoms with van der Waals surface area (Å²) < 4.78 is 0. The summed E-state index contributed by atoms with van der Waals surface area (Å²) in [5.74, 6) is 5.54. The lowest BCUT2D eigenvalue weighted by Gasteiger charge is -2.27. The molecule has 1 amide bonds. The van der Waals surface area contributed by atoms with Crippen molar-refractivity contribution in [1.29, 1.82) is 0 Å². The molecule has 0 radical (unpaired) electrons. The van der Waals surface area contributed by atoms with Gasteiger partial charge in [0.25, 0.3) is 0 Å². The summed E-state index contributed by atoms with van der Waals surface area (Å²) in [5, 5.41) is 10.9. The highest BCUT2D eigenvalue weighted by Gasteiger charge is 2.18. The second kappa shape index (κ2) is 8.33. The number of aromatic carboxylic acids is 1. The monoisotopic (exact) mass is 434 g/mol. The largest absolute Gasteiger partial charge is 0.478 e. The Morgan fingerprint density at radius 1 is 1.00 bits per heavy atom. The van der Waals surface area contributed by atoms with Gasteiger partial charge in [0.1, 0.15) is 0 Å². The predicted octanol–water partition coefficient (Wildman–Crippen LogP) is 4.84. The van der Waals surface area contributed by atoms with Crippen LogP contribution in [0, 0.1) is 11.8 Å². The minimum absolute atomic E-state index is 0.0906. The second-order valence-corrected chi connectivity index (χ2v) is 8.24. The maximum Gasteiger partial charge on any atom is 0.336 e. The van der Waals surface area contributed by atoms with Gasteiger partial charge in [-0.2, -0.15) is 0 Å². The van der Waals surface area contributed by atoms with Crippen LogP contribution in [0.25, 0.3) is 22.0 Å². The Morgan fingerprint density at radius 2 is 1.88 bits per heavy atom. The van der Waals surface area contributed by atoms with Crippen molar-refractivity contribution in [2.75, 3.05) is 6.54 Å². The number of amides is 1. The highest BCUT2D eigenvalue weighted by molar-refractivity contribution is 5.99. The molecule has 162 valence electrons. The van der Waals surface area contributed by atoms with E-state index >= 15 is 0 Å². The molecule has 1 aliphatic heterocycles. The van der Waals surface area contributed by atoms with Crippen LogP contribution in [0.4, 0.5) is 0 Å². The number of rotatable bonds is 2. The van der Waals surface area contributed by atoms with Crippen LogP contribution in [0.15, 0.2) is 66.9 Å². The molecule has 4 aromatic rings. The molecular formula is C28H22N2O3. The Balaban J connectivity index is 1.55. The first-order valence-electron chi connectivity index (χ1n) is 10.8. The number of carboxylic acids is 1. The fourth-order valence-electron chi connectivity index (χ4n) is 4.39. The third-order valence-electron chi connectivity index (χ3n) is 6.14. The summed E-state index contributed by atoms with van der Waals surface area (Å²) in [5.41, 5.74) is 6.48. The van der Waals surface area contributed by atoms with E-state index in [9.17, 15) is 14.7 Å². The molecule has 3 aromatic carbocycles. The molecule has 0 saturated carbocycles. The highest BCUT2D eigenvalue weighted by atomic mass is 16.4. The smallest absolute Gasteiger partial charge is 0.336 e. The molecule has 33 heavy (non-hydrogen) atoms. The zero-order valence-corrected chi connectivity index (χ0v) is 18.2. The van der Waals surface area contributed by atoms with Crippen LogP contribution in [-0.2, 0) is 17.8 Å². The molecule has 5 heteroatoms. The maximum atomic E-state index is 12.0. The molecule has 5 nitrogen and oxygen atoms in total. The van der Waals surface area contributed by atoms with E-state index in [1.54, 1.807) is 19.1 Å². The molecule has 2 heterocycles. The van der Waals surface area contributed by atoms with Crippen molar-refractivity contribution in [2.45, 2.75) is 19.9 Å². The first-order valence-corrected chi connectivity index (χ1v) is 10.8. The standard InChI is InChI=1S/C28H22N2O3/c1-18(31)30-14-12-22-15-19(6-8-24(22)17-30)5-7-21-3-2-4-25(28(32)33)27(21)23-10-9-20-11-13-29-26(20)16-23/h2-4,6,8-11,13,15-16,29H,12,14,17H2,1H3,(H,32,33). The summed E-state index contributed by atoms with van der Waals surface area (Å²) >= 11 is 0. The average molecular weight is 434 g/mol. The maximum absolute atomic E-state index is 12.0. The number of carbonyl (C=O) groups excluding carboxylic acids is 1. The van der Waals surface area contributed by atoms with Crippen LogP contribution in [0.1, 0.15) is 39.5 Å². The van der Waals surface area contributed by atoms with E-state index in [1.165, 1.54) is 5.56 Å². The minimum Gasteiger partial charge on any atom is -0.478 e. The average Bonchev–Trinajstić information content (AvgIpc) is 3.29. The predicted molar refractivity (Wildman–Crippen MR) is 128 cm³/mol. The van der Waals surface area contributed by atoms with Gasteiger partial charge in [-0.1, -0.05) is 36.1 Å². The number of fused-ring (bicyclic) bond motifs is 2. The van der Waals surface area contributed by atoms with Gasteiger partial charge in [0.05, 0.1) is 5.56 Å². The van der Waals surface area contributed by atoms with E-state index in [4.69, 9.17) is 0 Å². The number of carboxylic acid groups (broad SMARTS) is 1. The number of aromatic nitrogens is 1. The summed E-state index contributed by atoms with van der Waals surface area (Å²) in [6.07, 6.45) is 2.67. The van der Waals surface area contributed by atoms with Crippen molar-refractivity contribution in [1.82, 2.24) is 9.88 Å². The number of hydrogen-bond acceptors (Lipinski definition) is 2. The van der Waals surface area contributed by atoms with Gasteiger partial charge in [-0.25, -0.2) is 4.79 Å². The topological polar surface area (TPSA) is 73.4 Å². The molecule has 1 aromatic heterocycles. The lowest BCUT2D eigenvalue weighted by atomic mass is 9.93. The molecule has 0 unspecified atom stereocenters. The molecule has 0 aliphatic carbocycles. The van der Waals surface area contributed by atoms with Crippen molar-refractivity contribution in [2.24, 2.45) is 0 Å². The SMILES string of the molecule is CC(=O)N1CCc2cc(C#Cc3cccc(C(=O)O)c3-c3ccc4cc[nH]c4c3)ccc2C1. The zero-order chi connectivity index (χ0) is 22.9. The normalized spacial score (nSPS) is 12.7. The molecule has 0 atom stereocenters. The molecule has 0 spiro atoms. The summed E-state index contributed by atoms with van der Waals surface area (Å²) in [7, 11) is 0. The Bertz CT molecular complexity index is 1470. The van der Waals surface area contributed by atoms with Gasteiger partial charge in [-0.3, -0.25) is 4.79 Å². The van der Waals surface area contributed by atoms with Gasteiger partial charge in [-0.05, 0) is 64.9 Å². The summed E-state index contributed by atoms with van der Waals surface area (Å²) in [6.45, 7) is 2.94. The third-order valence-corrected chi connectivity index (χ3v) is 6.14. The van der Waals surface area contributed by atoms with E-state index in [-0.39, 0.29) is 11.5 Å². The van der Waals surface area contributed by atoms with Gasteiger partial charge >= 0.3 is 5.97 Å². The van der Waals surface area contributed by atoms with Crippen LogP contribution >= 0.6 is 0 Å². The number of nitrogens with one attached hydrogen (secondary N) is 1. The first-order chi connectivity index (χ1) is 16.0. The van der Waals surface area contributed by atoms with E-state index in [0.717, 1.165) is 34.0 Å². The Morgan fingerprint density at radius 3 is 2.70 bits per heavy atom. The molecule has 0 saturated heterocycles. The lowest BCUT2D eigenvalue weighted by molar-refractivity contribution is -0.129. The van der Waals surface area contributed by atoms with Gasteiger partial charge in [-0.15, -0.1) is 0 Å². The summed E-state index contributed by atoms with van der Waals surface area (Å²) in [4.78, 5) is 28.7. The summed E-state index contributed by atoms with van der Waals surface area (Å²) in [6, 6.07) is 19.1. The molecule has 0 fully saturated rings. The quantitative estimate of drug-likeness (QED) is 0.444. The lowest BCUT2D eigenvalue weighted by Crippen LogP contribution is -2.34. The van der Waals surface area contributed by atoms with Crippen LogP contribution in [-0.4, -0.2) is 33.4 Å². The van der Waals surface area contributed by atoms with Crippen molar-refractivity contribution in [3.63, 3.8) is 0 Å². The van der Waals surface area contributed by atoms with E-state index < -0.39 is 5.97 Å². The molecule has 0 bridgehead atoms. The van der Waals surface area contributed by atoms with Crippen LogP contribution in [0.3, 0.4) is 0 Å². The van der Waals surface area contributed by atoms with Crippen LogP contribution in [0.5, 0.6) is 0 Å². The third kappa shape index (κ3) is 3.99. The first kappa shape index (κ1) is 20.6. The van der Waals surface area contributed by atoms with Gasteiger partial charge in [0.2, 0.25) is 5.91 Å². The van der Waals surface area contributed by atoms with Crippen molar-refractivity contribution in [3.05, 3.63) is 94.7 Å². The van der Waals surface area contributed by atoms with Gasteiger partial charge < -0.3 is 15.0 Å². The number of aromatic amines is 1. The number of H-pyrrole nitrogens is 1. The fraction of sp³-hybridized carbons (Fsp3) is 0.143. The van der Waals surface area contributed by atoms with Crippen molar-refractivity contribution < 1.29 is 14.7 Å². The molecule has 5 rings (SSSR count). The highest BCUT2D eigenvalue weighted by Crippen LogP contribution is 2.30. The van der Waals surface area contributed by atoms with E-state index in [0.29, 0.717) is 24.2 Å². The Labute approximate surface area is 191 Å². The number of hydrogen-bond donors (Lipinski definition) is 2. The van der Waals surface area contributed by atoms with Crippen molar-refractivity contribution >= 4 is 22.8 Å². The Kier molecular flexibility index (Phi) is 5.20. The second-order valence-electron chi connectivity index (χ2n) is 8.24. The number of nitrogens with zero attached hydrogens (tertiary/aromatic N) is 1. The molecule has 2 N–H and O–H groups in total. The molecular weight excluding hydrogens is 412 g/mol. The Hall–Kier alpha value is -4.30. The van der Waals surface area contributed by atoms with Gasteiger partial charge in [0, 0.05) is 48.4 Å². The van der Waals surface area contributed by atoms with Crippen molar-refractivity contribution in [3.8, 4) is 23.0 Å². The fourth-order valence-corrected chi connectivity index (χ4v) is 4.39. The van der Waals surface area contributed by atoms with Crippen LogP contribution in [0.2, 0.25) is 0 Å². The molecule has 1 aliphatic rings. The van der Waals surface area contributed by atoms with E-state index in [1.807, 2.05) is 53.6 Å². The number of benzene rings is 3. The van der Waals surface area contributed by atoms with E-state index in [2.05, 4.69) is 22.9 Å². The number of carbonyl (C=O) groups is 2. The van der Waals surface area contributed by atoms with Gasteiger partial charge in [0.15, 0.2) is 0 Å².